The normalized spacial score (nSPS) is 11.3. The third kappa shape index (κ3) is 4.87. The van der Waals surface area contributed by atoms with E-state index >= 15 is 0 Å². The Labute approximate surface area is 191 Å². The van der Waals surface area contributed by atoms with Crippen LogP contribution in [0.1, 0.15) is 29.8 Å². The number of ether oxygens (including phenoxy) is 1. The fourth-order valence-corrected chi connectivity index (χ4v) is 5.56. The molecule has 0 atom stereocenters. The highest BCUT2D eigenvalue weighted by atomic mass is 32.2. The second-order valence-corrected chi connectivity index (χ2v) is 9.93. The van der Waals surface area contributed by atoms with E-state index < -0.39 is 11.6 Å². The number of aromatic hydroxyl groups is 1. The summed E-state index contributed by atoms with van der Waals surface area (Å²) in [5, 5.41) is 9.76. The highest BCUT2D eigenvalue weighted by Crippen LogP contribution is 2.32. The van der Waals surface area contributed by atoms with Crippen molar-refractivity contribution in [2.75, 3.05) is 0 Å². The van der Waals surface area contributed by atoms with Gasteiger partial charge in [0.1, 0.15) is 11.4 Å². The van der Waals surface area contributed by atoms with Crippen LogP contribution in [0, 0.1) is 0 Å². The molecule has 4 aromatic rings. The van der Waals surface area contributed by atoms with E-state index in [1.807, 2.05) is 80.6 Å². The summed E-state index contributed by atoms with van der Waals surface area (Å²) < 4.78 is 5.79. The molecule has 0 unspecified atom stereocenters. The van der Waals surface area contributed by atoms with Gasteiger partial charge in [-0.1, -0.05) is 48.5 Å². The summed E-state index contributed by atoms with van der Waals surface area (Å²) in [7, 11) is -0.267. The molecule has 4 heteroatoms. The molecule has 0 aliphatic heterocycles. The van der Waals surface area contributed by atoms with Gasteiger partial charge in [0.05, 0.1) is 16.5 Å². The SMILES string of the molecule is CC(C)(OC(=O)c1ccc([S+](c2ccccc2)c2ccccc2)cc1)c1cccc(O)c1. The Hall–Kier alpha value is -3.50. The Balaban J connectivity index is 1.59. The molecule has 0 amide bonds. The first kappa shape index (κ1) is 21.7. The molecule has 0 spiro atoms. The molecule has 3 nitrogen and oxygen atoms in total. The lowest BCUT2D eigenvalue weighted by molar-refractivity contribution is -0.00322. The zero-order valence-electron chi connectivity index (χ0n) is 18.1. The highest BCUT2D eigenvalue weighted by molar-refractivity contribution is 7.97. The smallest absolute Gasteiger partial charge is 0.338 e. The lowest BCUT2D eigenvalue weighted by Gasteiger charge is -2.25. The molecule has 0 saturated heterocycles. The molecule has 4 aromatic carbocycles. The van der Waals surface area contributed by atoms with Crippen LogP contribution in [-0.4, -0.2) is 11.1 Å². The second-order valence-electron chi connectivity index (χ2n) is 7.91. The van der Waals surface area contributed by atoms with E-state index in [0.717, 1.165) is 10.5 Å². The minimum atomic E-state index is -0.868. The summed E-state index contributed by atoms with van der Waals surface area (Å²) in [6.07, 6.45) is 0. The lowest BCUT2D eigenvalue weighted by Crippen LogP contribution is -2.25. The first-order valence-corrected chi connectivity index (χ1v) is 11.6. The third-order valence-corrected chi connectivity index (χ3v) is 7.40. The molecule has 0 aliphatic rings. The van der Waals surface area contributed by atoms with Crippen LogP contribution in [0.4, 0.5) is 0 Å². The van der Waals surface area contributed by atoms with Crippen molar-refractivity contribution in [1.82, 2.24) is 0 Å². The molecule has 160 valence electrons. The molecule has 0 fully saturated rings. The third-order valence-electron chi connectivity index (χ3n) is 5.17. The number of carbonyl (C=O) groups excluding carboxylic acids is 1. The van der Waals surface area contributed by atoms with Crippen LogP contribution in [0.2, 0.25) is 0 Å². The highest BCUT2D eigenvalue weighted by Gasteiger charge is 2.30. The Kier molecular flexibility index (Phi) is 6.33. The fourth-order valence-electron chi connectivity index (χ4n) is 3.48. The van der Waals surface area contributed by atoms with E-state index in [9.17, 15) is 9.90 Å². The average Bonchev–Trinajstić information content (AvgIpc) is 2.81. The molecule has 1 N–H and O–H groups in total. The Morgan fingerprint density at radius 3 is 1.78 bits per heavy atom. The first-order chi connectivity index (χ1) is 15.4. The van der Waals surface area contributed by atoms with Crippen LogP contribution in [0.25, 0.3) is 0 Å². The van der Waals surface area contributed by atoms with Gasteiger partial charge in [-0.15, -0.1) is 0 Å². The van der Waals surface area contributed by atoms with E-state index in [4.69, 9.17) is 4.74 Å². The van der Waals surface area contributed by atoms with Crippen LogP contribution in [0.5, 0.6) is 5.75 Å². The van der Waals surface area contributed by atoms with Gasteiger partial charge in [-0.3, -0.25) is 0 Å². The van der Waals surface area contributed by atoms with Gasteiger partial charge in [0.25, 0.3) is 0 Å². The number of rotatable bonds is 6. The fraction of sp³-hybridized carbons (Fsp3) is 0.107. The summed E-state index contributed by atoms with van der Waals surface area (Å²) in [4.78, 5) is 16.4. The van der Waals surface area contributed by atoms with Crippen molar-refractivity contribution in [3.8, 4) is 5.75 Å². The molecule has 4 rings (SSSR count). The van der Waals surface area contributed by atoms with Crippen molar-refractivity contribution < 1.29 is 14.6 Å². The zero-order chi connectivity index (χ0) is 22.6. The summed E-state index contributed by atoms with van der Waals surface area (Å²) in [5.74, 6) is -0.256. The van der Waals surface area contributed by atoms with Crippen LogP contribution in [0.15, 0.2) is 124 Å². The number of phenols is 1. The molecule has 0 aliphatic carbocycles. The molecule has 0 bridgehead atoms. The maximum atomic E-state index is 12.9. The van der Waals surface area contributed by atoms with E-state index in [2.05, 4.69) is 24.3 Å². The van der Waals surface area contributed by atoms with Crippen LogP contribution < -0.4 is 0 Å². The number of phenolic OH excluding ortho intramolecular Hbond substituents is 1. The monoisotopic (exact) mass is 441 g/mol. The minimum absolute atomic E-state index is 0.143. The molecule has 0 aromatic heterocycles. The van der Waals surface area contributed by atoms with Crippen LogP contribution in [0.3, 0.4) is 0 Å². The Morgan fingerprint density at radius 2 is 1.25 bits per heavy atom. The largest absolute Gasteiger partial charge is 0.508 e. The standard InChI is InChI=1S/C28H24O3S/c1-28(2,22-10-9-11-23(29)20-22)31-27(30)21-16-18-26(19-17-21)32(24-12-5-3-6-13-24)25-14-7-4-8-15-25/h3-20H,1-2H3/p+1. The van der Waals surface area contributed by atoms with Gasteiger partial charge in [0, 0.05) is 0 Å². The molecule has 0 radical (unpaired) electrons. The van der Waals surface area contributed by atoms with Crippen molar-refractivity contribution in [2.45, 2.75) is 34.1 Å². The van der Waals surface area contributed by atoms with Gasteiger partial charge in [-0.2, -0.15) is 0 Å². The van der Waals surface area contributed by atoms with E-state index in [-0.39, 0.29) is 16.6 Å². The molecule has 32 heavy (non-hydrogen) atoms. The maximum absolute atomic E-state index is 12.9. The molecule has 0 saturated carbocycles. The number of carbonyl (C=O) groups is 1. The predicted octanol–water partition coefficient (Wildman–Crippen LogP) is 6.58. The zero-order valence-corrected chi connectivity index (χ0v) is 18.9. The van der Waals surface area contributed by atoms with Gasteiger partial charge in [-0.05, 0) is 80.1 Å². The van der Waals surface area contributed by atoms with Crippen LogP contribution >= 0.6 is 0 Å². The van der Waals surface area contributed by atoms with Crippen molar-refractivity contribution >= 4 is 16.9 Å². The minimum Gasteiger partial charge on any atom is -0.508 e. The van der Waals surface area contributed by atoms with E-state index in [0.29, 0.717) is 5.56 Å². The quantitative estimate of drug-likeness (QED) is 0.272. The summed E-state index contributed by atoms with van der Waals surface area (Å²) in [5.41, 5.74) is 0.358. The van der Waals surface area contributed by atoms with Crippen molar-refractivity contribution in [3.05, 3.63) is 120 Å². The Bertz CT molecular complexity index is 1150. The number of hydrogen-bond donors (Lipinski definition) is 1. The molecular weight excluding hydrogens is 416 g/mol. The van der Waals surface area contributed by atoms with Gasteiger partial charge < -0.3 is 9.84 Å². The van der Waals surface area contributed by atoms with Gasteiger partial charge >= 0.3 is 5.97 Å². The lowest BCUT2D eigenvalue weighted by atomic mass is 9.97. The Morgan fingerprint density at radius 1 is 0.719 bits per heavy atom. The van der Waals surface area contributed by atoms with Crippen molar-refractivity contribution in [3.63, 3.8) is 0 Å². The summed E-state index contributed by atoms with van der Waals surface area (Å²) in [6, 6.07) is 35.2. The summed E-state index contributed by atoms with van der Waals surface area (Å²) in [6.45, 7) is 3.63. The van der Waals surface area contributed by atoms with E-state index in [1.165, 1.54) is 9.79 Å². The molecular formula is C28H25O3S+. The molecule has 0 heterocycles. The van der Waals surface area contributed by atoms with Gasteiger partial charge in [0.15, 0.2) is 14.7 Å². The second kappa shape index (κ2) is 9.33. The van der Waals surface area contributed by atoms with Crippen LogP contribution in [-0.2, 0) is 21.2 Å². The predicted molar refractivity (Wildman–Crippen MR) is 128 cm³/mol. The summed E-state index contributed by atoms with van der Waals surface area (Å²) >= 11 is 0. The maximum Gasteiger partial charge on any atom is 0.338 e. The number of hydrogen-bond acceptors (Lipinski definition) is 3. The van der Waals surface area contributed by atoms with Gasteiger partial charge in [-0.25, -0.2) is 4.79 Å². The van der Waals surface area contributed by atoms with Crippen molar-refractivity contribution in [1.29, 1.82) is 0 Å². The number of esters is 1. The van der Waals surface area contributed by atoms with E-state index in [1.54, 1.807) is 18.2 Å². The topological polar surface area (TPSA) is 46.5 Å². The number of benzene rings is 4. The first-order valence-electron chi connectivity index (χ1n) is 10.4. The average molecular weight is 442 g/mol. The van der Waals surface area contributed by atoms with Gasteiger partial charge in [0.2, 0.25) is 0 Å². The van der Waals surface area contributed by atoms with Crippen molar-refractivity contribution in [2.24, 2.45) is 0 Å².